The van der Waals surface area contributed by atoms with E-state index in [0.717, 1.165) is 69.8 Å². The van der Waals surface area contributed by atoms with Gasteiger partial charge < -0.3 is 15.2 Å². The first kappa shape index (κ1) is 12.8. The molecule has 0 spiro atoms. The summed E-state index contributed by atoms with van der Waals surface area (Å²) in [6.07, 6.45) is 6.50. The zero-order chi connectivity index (χ0) is 13.2. The van der Waals surface area contributed by atoms with Crippen LogP contribution in [-0.2, 0) is 19.3 Å². The van der Waals surface area contributed by atoms with Crippen molar-refractivity contribution in [3.8, 4) is 11.5 Å². The summed E-state index contributed by atoms with van der Waals surface area (Å²) in [6.45, 7) is 4.62. The molecule has 19 heavy (non-hydrogen) atoms. The van der Waals surface area contributed by atoms with Crippen molar-refractivity contribution in [3.05, 3.63) is 22.3 Å². The van der Waals surface area contributed by atoms with Crippen LogP contribution in [0.5, 0.6) is 11.5 Å². The van der Waals surface area contributed by atoms with Crippen LogP contribution in [0, 0.1) is 6.92 Å². The summed E-state index contributed by atoms with van der Waals surface area (Å²) in [5.41, 5.74) is 11.1. The highest BCUT2D eigenvalue weighted by molar-refractivity contribution is 5.60. The molecule has 0 fully saturated rings. The molecule has 1 aromatic rings. The molecule has 0 aromatic heterocycles. The lowest BCUT2D eigenvalue weighted by Gasteiger charge is -2.30. The summed E-state index contributed by atoms with van der Waals surface area (Å²) in [7, 11) is 0. The standard InChI is InChI=1S/C16H23NO2/c1-11-12-6-3-10-19-16(12)14(5-2-8-17)13-7-4-9-18-15(11)13/h2-10,17H2,1H3. The van der Waals surface area contributed by atoms with E-state index in [4.69, 9.17) is 15.2 Å². The summed E-state index contributed by atoms with van der Waals surface area (Å²) in [5, 5.41) is 0. The minimum atomic E-state index is 0.734. The smallest absolute Gasteiger partial charge is 0.126 e. The van der Waals surface area contributed by atoms with Gasteiger partial charge in [-0.2, -0.15) is 0 Å². The average Bonchev–Trinajstić information content (AvgIpc) is 2.47. The summed E-state index contributed by atoms with van der Waals surface area (Å²) < 4.78 is 12.0. The van der Waals surface area contributed by atoms with Crippen molar-refractivity contribution < 1.29 is 9.47 Å². The SMILES string of the molecule is Cc1c2c(c(CCCN)c3c1OCCC3)OCCC2. The van der Waals surface area contributed by atoms with Crippen molar-refractivity contribution in [1.29, 1.82) is 0 Å². The van der Waals surface area contributed by atoms with Crippen LogP contribution in [0.15, 0.2) is 0 Å². The quantitative estimate of drug-likeness (QED) is 0.909. The third kappa shape index (κ3) is 2.20. The van der Waals surface area contributed by atoms with E-state index in [1.807, 2.05) is 0 Å². The second-order valence-corrected chi connectivity index (χ2v) is 5.52. The number of hydrogen-bond donors (Lipinski definition) is 1. The number of fused-ring (bicyclic) bond motifs is 2. The predicted molar refractivity (Wildman–Crippen MR) is 76.2 cm³/mol. The van der Waals surface area contributed by atoms with Crippen molar-refractivity contribution >= 4 is 0 Å². The van der Waals surface area contributed by atoms with Crippen LogP contribution < -0.4 is 15.2 Å². The second kappa shape index (κ2) is 5.41. The predicted octanol–water partition coefficient (Wildman–Crippen LogP) is 2.54. The zero-order valence-electron chi connectivity index (χ0n) is 11.8. The van der Waals surface area contributed by atoms with Gasteiger partial charge in [-0.25, -0.2) is 0 Å². The first-order valence-corrected chi connectivity index (χ1v) is 7.45. The van der Waals surface area contributed by atoms with Crippen LogP contribution >= 0.6 is 0 Å². The molecule has 0 atom stereocenters. The molecule has 0 saturated carbocycles. The highest BCUT2D eigenvalue weighted by atomic mass is 16.5. The molecule has 0 amide bonds. The van der Waals surface area contributed by atoms with Gasteiger partial charge in [-0.15, -0.1) is 0 Å². The Balaban J connectivity index is 2.13. The summed E-state index contributed by atoms with van der Waals surface area (Å²) >= 11 is 0. The zero-order valence-corrected chi connectivity index (χ0v) is 11.8. The van der Waals surface area contributed by atoms with Gasteiger partial charge in [-0.05, 0) is 57.6 Å². The van der Waals surface area contributed by atoms with Gasteiger partial charge in [-0.1, -0.05) is 0 Å². The fourth-order valence-corrected chi connectivity index (χ4v) is 3.31. The van der Waals surface area contributed by atoms with Gasteiger partial charge in [0.15, 0.2) is 0 Å². The van der Waals surface area contributed by atoms with Gasteiger partial charge in [0.25, 0.3) is 0 Å². The van der Waals surface area contributed by atoms with E-state index in [2.05, 4.69) is 6.92 Å². The van der Waals surface area contributed by atoms with E-state index in [0.29, 0.717) is 0 Å². The summed E-state index contributed by atoms with van der Waals surface area (Å²) in [5.74, 6) is 2.30. The van der Waals surface area contributed by atoms with Crippen LogP contribution in [0.1, 0.15) is 41.5 Å². The number of nitrogens with two attached hydrogens (primary N) is 1. The lowest BCUT2D eigenvalue weighted by Crippen LogP contribution is -2.19. The Labute approximate surface area is 115 Å². The molecule has 0 bridgehead atoms. The molecule has 2 aliphatic heterocycles. The number of rotatable bonds is 3. The van der Waals surface area contributed by atoms with E-state index in [1.54, 1.807) is 0 Å². The third-order valence-electron chi connectivity index (χ3n) is 4.25. The summed E-state index contributed by atoms with van der Waals surface area (Å²) in [6, 6.07) is 0. The summed E-state index contributed by atoms with van der Waals surface area (Å²) in [4.78, 5) is 0. The van der Waals surface area contributed by atoms with Gasteiger partial charge in [0.2, 0.25) is 0 Å². The number of benzene rings is 1. The molecule has 2 N–H and O–H groups in total. The highest BCUT2D eigenvalue weighted by Crippen LogP contribution is 2.43. The van der Waals surface area contributed by atoms with E-state index in [-0.39, 0.29) is 0 Å². The van der Waals surface area contributed by atoms with E-state index >= 15 is 0 Å². The Morgan fingerprint density at radius 3 is 2.42 bits per heavy atom. The monoisotopic (exact) mass is 261 g/mol. The first-order valence-electron chi connectivity index (χ1n) is 7.45. The molecular weight excluding hydrogens is 238 g/mol. The molecule has 2 aliphatic rings. The molecule has 0 saturated heterocycles. The molecule has 1 aromatic carbocycles. The van der Waals surface area contributed by atoms with Crippen molar-refractivity contribution in [3.63, 3.8) is 0 Å². The topological polar surface area (TPSA) is 44.5 Å². The maximum absolute atomic E-state index is 6.00. The van der Waals surface area contributed by atoms with Crippen LogP contribution in [-0.4, -0.2) is 19.8 Å². The van der Waals surface area contributed by atoms with Crippen LogP contribution in [0.25, 0.3) is 0 Å². The molecule has 3 nitrogen and oxygen atoms in total. The minimum Gasteiger partial charge on any atom is -0.493 e. The Morgan fingerprint density at radius 2 is 1.68 bits per heavy atom. The normalized spacial score (nSPS) is 17.2. The fourth-order valence-electron chi connectivity index (χ4n) is 3.31. The molecule has 0 radical (unpaired) electrons. The Kier molecular flexibility index (Phi) is 3.65. The Bertz CT molecular complexity index is 445. The lowest BCUT2D eigenvalue weighted by molar-refractivity contribution is 0.267. The Hall–Kier alpha value is -1.22. The van der Waals surface area contributed by atoms with Crippen LogP contribution in [0.3, 0.4) is 0 Å². The molecule has 3 rings (SSSR count). The molecule has 2 heterocycles. The first-order chi connectivity index (χ1) is 9.33. The maximum Gasteiger partial charge on any atom is 0.126 e. The van der Waals surface area contributed by atoms with Crippen LogP contribution in [0.4, 0.5) is 0 Å². The van der Waals surface area contributed by atoms with Crippen molar-refractivity contribution in [2.75, 3.05) is 19.8 Å². The van der Waals surface area contributed by atoms with E-state index in [9.17, 15) is 0 Å². The lowest BCUT2D eigenvalue weighted by atomic mass is 9.87. The van der Waals surface area contributed by atoms with E-state index < -0.39 is 0 Å². The second-order valence-electron chi connectivity index (χ2n) is 5.52. The van der Waals surface area contributed by atoms with Crippen LogP contribution in [0.2, 0.25) is 0 Å². The van der Waals surface area contributed by atoms with E-state index in [1.165, 1.54) is 22.3 Å². The number of hydrogen-bond acceptors (Lipinski definition) is 3. The third-order valence-corrected chi connectivity index (χ3v) is 4.25. The largest absolute Gasteiger partial charge is 0.493 e. The van der Waals surface area contributed by atoms with Gasteiger partial charge >= 0.3 is 0 Å². The minimum absolute atomic E-state index is 0.734. The molecule has 104 valence electrons. The highest BCUT2D eigenvalue weighted by Gasteiger charge is 2.26. The van der Waals surface area contributed by atoms with Gasteiger partial charge in [0.05, 0.1) is 13.2 Å². The fraction of sp³-hybridized carbons (Fsp3) is 0.625. The van der Waals surface area contributed by atoms with Gasteiger partial charge in [-0.3, -0.25) is 0 Å². The molecule has 0 aliphatic carbocycles. The molecule has 3 heteroatoms. The van der Waals surface area contributed by atoms with Crippen molar-refractivity contribution in [2.45, 2.75) is 45.4 Å². The van der Waals surface area contributed by atoms with Gasteiger partial charge in [0, 0.05) is 16.7 Å². The van der Waals surface area contributed by atoms with Gasteiger partial charge in [0.1, 0.15) is 11.5 Å². The Morgan fingerprint density at radius 1 is 1.00 bits per heavy atom. The maximum atomic E-state index is 6.00. The van der Waals surface area contributed by atoms with Crippen molar-refractivity contribution in [2.24, 2.45) is 5.73 Å². The number of ether oxygens (including phenoxy) is 2. The van der Waals surface area contributed by atoms with Crippen molar-refractivity contribution in [1.82, 2.24) is 0 Å². The molecular formula is C16H23NO2. The molecule has 0 unspecified atom stereocenters. The average molecular weight is 261 g/mol.